The molecule has 0 aliphatic carbocycles. The van der Waals surface area contributed by atoms with Crippen molar-refractivity contribution >= 4 is 0 Å². The Hall–Kier alpha value is -4.60. The maximum Gasteiger partial charge on any atom is 0.158 e. The zero-order valence-electron chi connectivity index (χ0n) is 9.58. The highest BCUT2D eigenvalue weighted by Gasteiger charge is 2.02. The van der Waals surface area contributed by atoms with E-state index in [0.717, 1.165) is 0 Å². The first kappa shape index (κ1) is 17.8. The summed E-state index contributed by atoms with van der Waals surface area (Å²) in [6, 6.07) is 11.4. The number of allylic oxidation sites excluding steroid dienone is 4. The van der Waals surface area contributed by atoms with Crippen LogP contribution < -0.4 is 0 Å². The van der Waals surface area contributed by atoms with Crippen molar-refractivity contribution in [3.63, 3.8) is 0 Å². The Balaban J connectivity index is 0. The fraction of sp³-hybridized carbons (Fsp3) is 0. The summed E-state index contributed by atoms with van der Waals surface area (Å²) in [6.07, 6.45) is 0. The SMILES string of the molecule is N#CC(C#N)=C(C#N)C#N.N#CC(C#N)=C(C#N)C#N. The highest BCUT2D eigenvalue weighted by molar-refractivity contribution is 5.53. The standard InChI is InChI=1S/2C6N4/c2*7-1-5(2-8)6(3-9)4-10. The molecule has 0 N–H and O–H groups in total. The molecule has 88 valence electrons. The molecule has 0 amide bonds. The normalized spacial score (nSPS) is 5.60. The van der Waals surface area contributed by atoms with E-state index < -0.39 is 22.3 Å². The van der Waals surface area contributed by atoms with Crippen molar-refractivity contribution in [1.82, 2.24) is 0 Å². The van der Waals surface area contributed by atoms with Crippen LogP contribution in [0.15, 0.2) is 22.3 Å². The summed E-state index contributed by atoms with van der Waals surface area (Å²) in [5.41, 5.74) is -1.76. The minimum Gasteiger partial charge on any atom is -0.192 e. The van der Waals surface area contributed by atoms with Gasteiger partial charge in [-0.25, -0.2) is 0 Å². The second kappa shape index (κ2) is 10.9. The van der Waals surface area contributed by atoms with Crippen molar-refractivity contribution in [2.24, 2.45) is 0 Å². The lowest BCUT2D eigenvalue weighted by atomic mass is 10.2. The van der Waals surface area contributed by atoms with Gasteiger partial charge in [-0.1, -0.05) is 0 Å². The minimum atomic E-state index is -0.440. The average molecular weight is 256 g/mol. The monoisotopic (exact) mass is 256 g/mol. The van der Waals surface area contributed by atoms with Crippen LogP contribution in [0.2, 0.25) is 0 Å². The van der Waals surface area contributed by atoms with Gasteiger partial charge in [0.2, 0.25) is 0 Å². The molecule has 0 aromatic rings. The van der Waals surface area contributed by atoms with Crippen LogP contribution in [-0.2, 0) is 0 Å². The summed E-state index contributed by atoms with van der Waals surface area (Å²) in [6.45, 7) is 0. The molecule has 20 heavy (non-hydrogen) atoms. The molecule has 8 heteroatoms. The summed E-state index contributed by atoms with van der Waals surface area (Å²) in [5.74, 6) is 0. The van der Waals surface area contributed by atoms with Gasteiger partial charge in [0.1, 0.15) is 48.6 Å². The maximum atomic E-state index is 8.13. The zero-order chi connectivity index (χ0) is 16.0. The van der Waals surface area contributed by atoms with E-state index in [4.69, 9.17) is 42.1 Å². The highest BCUT2D eigenvalue weighted by atomic mass is 14.3. The molecule has 8 nitrogen and oxygen atoms in total. The zero-order valence-corrected chi connectivity index (χ0v) is 9.58. The number of nitrogens with zero attached hydrogens (tertiary/aromatic N) is 8. The lowest BCUT2D eigenvalue weighted by Crippen LogP contribution is -1.79. The third-order valence-electron chi connectivity index (χ3n) is 1.39. The van der Waals surface area contributed by atoms with E-state index in [1.165, 1.54) is 48.6 Å². The van der Waals surface area contributed by atoms with Gasteiger partial charge in [0.05, 0.1) is 0 Å². The van der Waals surface area contributed by atoms with E-state index in [1.807, 2.05) is 0 Å². The molecule has 0 spiro atoms. The van der Waals surface area contributed by atoms with E-state index in [-0.39, 0.29) is 0 Å². The smallest absolute Gasteiger partial charge is 0.158 e. The van der Waals surface area contributed by atoms with Gasteiger partial charge in [0.25, 0.3) is 0 Å². The third-order valence-corrected chi connectivity index (χ3v) is 1.39. The van der Waals surface area contributed by atoms with Crippen LogP contribution in [0, 0.1) is 90.6 Å². The van der Waals surface area contributed by atoms with Crippen LogP contribution in [0.5, 0.6) is 0 Å². The van der Waals surface area contributed by atoms with Crippen LogP contribution in [-0.4, -0.2) is 0 Å². The summed E-state index contributed by atoms with van der Waals surface area (Å²) < 4.78 is 0. The predicted octanol–water partition coefficient (Wildman–Crippen LogP) is 0.755. The highest BCUT2D eigenvalue weighted by Crippen LogP contribution is 1.98. The summed E-state index contributed by atoms with van der Waals surface area (Å²) in [7, 11) is 0. The first-order valence-electron chi connectivity index (χ1n) is 4.29. The Morgan fingerprint density at radius 2 is 0.400 bits per heavy atom. The molecule has 0 aromatic carbocycles. The maximum absolute atomic E-state index is 8.13. The number of nitriles is 8. The Morgan fingerprint density at radius 3 is 0.450 bits per heavy atom. The number of hydrogen-bond acceptors (Lipinski definition) is 8. The van der Waals surface area contributed by atoms with Crippen molar-refractivity contribution in [2.45, 2.75) is 0 Å². The molecule has 0 fully saturated rings. The first-order valence-corrected chi connectivity index (χ1v) is 4.29. The fourth-order valence-corrected chi connectivity index (χ4v) is 0.547. The molecule has 0 aromatic heterocycles. The molecule has 0 heterocycles. The largest absolute Gasteiger partial charge is 0.192 e. The van der Waals surface area contributed by atoms with Crippen molar-refractivity contribution in [3.8, 4) is 48.6 Å². The Bertz CT molecular complexity index is 583. The third kappa shape index (κ3) is 5.47. The van der Waals surface area contributed by atoms with Crippen LogP contribution in [0.4, 0.5) is 0 Å². The topological polar surface area (TPSA) is 190 Å². The molecular formula is C12N8. The lowest BCUT2D eigenvalue weighted by Gasteiger charge is -1.76. The van der Waals surface area contributed by atoms with Gasteiger partial charge in [-0.05, 0) is 0 Å². The Kier molecular flexibility index (Phi) is 9.69. The van der Waals surface area contributed by atoms with Gasteiger partial charge >= 0.3 is 0 Å². The molecule has 0 saturated carbocycles. The summed E-state index contributed by atoms with van der Waals surface area (Å²) >= 11 is 0. The number of rotatable bonds is 0. The van der Waals surface area contributed by atoms with Crippen molar-refractivity contribution < 1.29 is 0 Å². The van der Waals surface area contributed by atoms with E-state index in [2.05, 4.69) is 0 Å². The van der Waals surface area contributed by atoms with Gasteiger partial charge < -0.3 is 0 Å². The molecule has 0 rings (SSSR count). The lowest BCUT2D eigenvalue weighted by molar-refractivity contribution is 1.41. The van der Waals surface area contributed by atoms with E-state index in [1.54, 1.807) is 0 Å². The van der Waals surface area contributed by atoms with E-state index in [9.17, 15) is 0 Å². The molecule has 0 aliphatic rings. The molecule has 0 radical (unpaired) electrons. The van der Waals surface area contributed by atoms with Crippen molar-refractivity contribution in [2.75, 3.05) is 0 Å². The molecule has 0 atom stereocenters. The van der Waals surface area contributed by atoms with Crippen LogP contribution in [0.25, 0.3) is 0 Å². The van der Waals surface area contributed by atoms with Gasteiger partial charge in [0.15, 0.2) is 22.3 Å². The van der Waals surface area contributed by atoms with Gasteiger partial charge in [-0.3, -0.25) is 0 Å². The van der Waals surface area contributed by atoms with Crippen LogP contribution in [0.3, 0.4) is 0 Å². The quantitative estimate of drug-likeness (QED) is 0.566. The first-order chi connectivity index (χ1) is 9.59. The van der Waals surface area contributed by atoms with Crippen LogP contribution >= 0.6 is 0 Å². The molecule has 0 unspecified atom stereocenters. The van der Waals surface area contributed by atoms with Crippen LogP contribution in [0.1, 0.15) is 0 Å². The molecule has 0 bridgehead atoms. The fourth-order valence-electron chi connectivity index (χ4n) is 0.547. The number of hydrogen-bond donors (Lipinski definition) is 0. The Labute approximate surface area is 114 Å². The van der Waals surface area contributed by atoms with Gasteiger partial charge in [0, 0.05) is 0 Å². The average Bonchev–Trinajstić information content (AvgIpc) is 2.50. The predicted molar refractivity (Wildman–Crippen MR) is 59.0 cm³/mol. The van der Waals surface area contributed by atoms with Gasteiger partial charge in [-0.2, -0.15) is 42.1 Å². The second-order valence-corrected chi connectivity index (χ2v) is 2.39. The van der Waals surface area contributed by atoms with E-state index in [0.29, 0.717) is 0 Å². The summed E-state index contributed by atoms with van der Waals surface area (Å²) in [4.78, 5) is 0. The van der Waals surface area contributed by atoms with Crippen molar-refractivity contribution in [3.05, 3.63) is 22.3 Å². The van der Waals surface area contributed by atoms with Crippen molar-refractivity contribution in [1.29, 1.82) is 42.1 Å². The van der Waals surface area contributed by atoms with Gasteiger partial charge in [-0.15, -0.1) is 0 Å². The molecule has 0 saturated heterocycles. The minimum absolute atomic E-state index is 0.440. The summed E-state index contributed by atoms with van der Waals surface area (Å²) in [5, 5.41) is 65.0. The molecule has 0 aliphatic heterocycles. The molecular weight excluding hydrogens is 256 g/mol. The Morgan fingerprint density at radius 1 is 0.300 bits per heavy atom. The second-order valence-electron chi connectivity index (χ2n) is 2.39. The van der Waals surface area contributed by atoms with E-state index >= 15 is 0 Å².